The lowest BCUT2D eigenvalue weighted by Gasteiger charge is -2.23. The third-order valence-corrected chi connectivity index (χ3v) is 3.88. The van der Waals surface area contributed by atoms with Crippen molar-refractivity contribution in [2.24, 2.45) is 5.92 Å². The maximum absolute atomic E-state index is 10.5. The summed E-state index contributed by atoms with van der Waals surface area (Å²) < 4.78 is 11.3. The molecule has 2 aromatic rings. The first-order valence-corrected chi connectivity index (χ1v) is 7.51. The van der Waals surface area contributed by atoms with Gasteiger partial charge in [0.2, 0.25) is 0 Å². The molecule has 0 unspecified atom stereocenters. The molecule has 3 atom stereocenters. The average Bonchev–Trinajstić information content (AvgIpc) is 3.04. The van der Waals surface area contributed by atoms with E-state index in [1.165, 1.54) is 0 Å². The topological polar surface area (TPSA) is 38.7 Å². The first-order valence-electron chi connectivity index (χ1n) is 7.51. The highest BCUT2D eigenvalue weighted by Gasteiger charge is 2.31. The van der Waals surface area contributed by atoms with Crippen LogP contribution in [-0.2, 0) is 16.1 Å². The Morgan fingerprint density at radius 2 is 1.68 bits per heavy atom. The number of aliphatic hydroxyl groups is 1. The zero-order valence-corrected chi connectivity index (χ0v) is 12.3. The zero-order valence-electron chi connectivity index (χ0n) is 12.3. The molecule has 114 valence electrons. The van der Waals surface area contributed by atoms with Crippen LogP contribution in [0.2, 0.25) is 0 Å². The van der Waals surface area contributed by atoms with Gasteiger partial charge in [-0.05, 0) is 17.2 Å². The summed E-state index contributed by atoms with van der Waals surface area (Å²) in [6.07, 6.45) is 2.84. The minimum Gasteiger partial charge on any atom is -0.495 e. The van der Waals surface area contributed by atoms with Crippen LogP contribution < -0.4 is 0 Å². The Morgan fingerprint density at radius 1 is 1.00 bits per heavy atom. The Bertz CT molecular complexity index is 595. The molecule has 22 heavy (non-hydrogen) atoms. The molecule has 0 saturated heterocycles. The maximum Gasteiger partial charge on any atom is 0.130 e. The first kappa shape index (κ1) is 14.8. The summed E-state index contributed by atoms with van der Waals surface area (Å²) in [4.78, 5) is 0. The number of hydrogen-bond acceptors (Lipinski definition) is 3. The Labute approximate surface area is 130 Å². The molecule has 0 aliphatic carbocycles. The Balaban J connectivity index is 1.55. The minimum atomic E-state index is -0.578. The molecule has 0 spiro atoms. The van der Waals surface area contributed by atoms with Crippen LogP contribution in [0.5, 0.6) is 0 Å². The van der Waals surface area contributed by atoms with Crippen LogP contribution in [0.4, 0.5) is 0 Å². The standard InChI is InChI=1S/C19H20O3/c20-19(16-9-5-2-6-10-16)17-11-12-22-18(17)14-21-13-15-7-3-1-4-8-15/h1-12,17-20H,13-14H2/t17-,18+,19-/m0/s1. The second-order valence-electron chi connectivity index (χ2n) is 5.44. The van der Waals surface area contributed by atoms with Gasteiger partial charge in [-0.2, -0.15) is 0 Å². The first-order chi connectivity index (χ1) is 10.8. The van der Waals surface area contributed by atoms with Crippen LogP contribution in [0.15, 0.2) is 73.0 Å². The normalized spacial score (nSPS) is 21.5. The fourth-order valence-corrected chi connectivity index (χ4v) is 2.65. The highest BCUT2D eigenvalue weighted by molar-refractivity contribution is 5.20. The summed E-state index contributed by atoms with van der Waals surface area (Å²) in [6, 6.07) is 19.7. The third-order valence-electron chi connectivity index (χ3n) is 3.88. The second-order valence-corrected chi connectivity index (χ2v) is 5.44. The molecule has 1 aliphatic rings. The highest BCUT2D eigenvalue weighted by atomic mass is 16.5. The summed E-state index contributed by atoms with van der Waals surface area (Å²) in [5.41, 5.74) is 2.03. The smallest absolute Gasteiger partial charge is 0.130 e. The van der Waals surface area contributed by atoms with Crippen molar-refractivity contribution in [2.75, 3.05) is 6.61 Å². The highest BCUT2D eigenvalue weighted by Crippen LogP contribution is 2.31. The van der Waals surface area contributed by atoms with Gasteiger partial charge in [0.1, 0.15) is 6.10 Å². The van der Waals surface area contributed by atoms with E-state index in [1.807, 2.05) is 66.7 Å². The van der Waals surface area contributed by atoms with Crippen LogP contribution in [0.1, 0.15) is 17.2 Å². The fraction of sp³-hybridized carbons (Fsp3) is 0.263. The van der Waals surface area contributed by atoms with Gasteiger partial charge in [-0.1, -0.05) is 60.7 Å². The van der Waals surface area contributed by atoms with Crippen LogP contribution in [0.3, 0.4) is 0 Å². The van der Waals surface area contributed by atoms with Crippen molar-refractivity contribution in [3.63, 3.8) is 0 Å². The Hall–Kier alpha value is -2.10. The van der Waals surface area contributed by atoms with Crippen molar-refractivity contribution in [2.45, 2.75) is 18.8 Å². The molecular formula is C19H20O3. The number of rotatable bonds is 6. The molecule has 0 aromatic heterocycles. The second kappa shape index (κ2) is 7.25. The predicted octanol–water partition coefficient (Wildman–Crippen LogP) is 3.47. The largest absolute Gasteiger partial charge is 0.495 e. The van der Waals surface area contributed by atoms with Crippen molar-refractivity contribution < 1.29 is 14.6 Å². The van der Waals surface area contributed by atoms with Crippen molar-refractivity contribution >= 4 is 0 Å². The summed E-state index contributed by atoms with van der Waals surface area (Å²) >= 11 is 0. The monoisotopic (exact) mass is 296 g/mol. The molecule has 1 heterocycles. The van der Waals surface area contributed by atoms with Crippen molar-refractivity contribution in [3.05, 3.63) is 84.1 Å². The van der Waals surface area contributed by atoms with E-state index in [0.29, 0.717) is 13.2 Å². The molecule has 3 heteroatoms. The van der Waals surface area contributed by atoms with E-state index in [-0.39, 0.29) is 12.0 Å². The molecule has 0 radical (unpaired) electrons. The van der Waals surface area contributed by atoms with Gasteiger partial charge in [-0.3, -0.25) is 0 Å². The Kier molecular flexibility index (Phi) is 4.88. The lowest BCUT2D eigenvalue weighted by atomic mass is 9.92. The molecule has 3 nitrogen and oxygen atoms in total. The lowest BCUT2D eigenvalue weighted by Crippen LogP contribution is -2.27. The van der Waals surface area contributed by atoms with E-state index < -0.39 is 6.10 Å². The molecule has 1 N–H and O–H groups in total. The van der Waals surface area contributed by atoms with Gasteiger partial charge in [0, 0.05) is 5.92 Å². The summed E-state index contributed by atoms with van der Waals surface area (Å²) in [6.45, 7) is 1.01. The van der Waals surface area contributed by atoms with Gasteiger partial charge in [-0.15, -0.1) is 0 Å². The molecular weight excluding hydrogens is 276 g/mol. The summed E-state index contributed by atoms with van der Waals surface area (Å²) in [5, 5.41) is 10.5. The van der Waals surface area contributed by atoms with E-state index in [4.69, 9.17) is 9.47 Å². The third kappa shape index (κ3) is 3.56. The summed E-state index contributed by atoms with van der Waals surface area (Å²) in [7, 11) is 0. The number of hydrogen-bond donors (Lipinski definition) is 1. The number of ether oxygens (including phenoxy) is 2. The lowest BCUT2D eigenvalue weighted by molar-refractivity contribution is -0.0177. The number of aliphatic hydroxyl groups excluding tert-OH is 1. The molecule has 0 bridgehead atoms. The van der Waals surface area contributed by atoms with Gasteiger partial charge < -0.3 is 14.6 Å². The van der Waals surface area contributed by atoms with E-state index >= 15 is 0 Å². The molecule has 0 saturated carbocycles. The predicted molar refractivity (Wildman–Crippen MR) is 85.0 cm³/mol. The van der Waals surface area contributed by atoms with E-state index in [1.54, 1.807) is 6.26 Å². The zero-order chi connectivity index (χ0) is 15.2. The van der Waals surface area contributed by atoms with Crippen LogP contribution in [-0.4, -0.2) is 17.8 Å². The summed E-state index contributed by atoms with van der Waals surface area (Å²) in [5.74, 6) is -0.0850. The van der Waals surface area contributed by atoms with E-state index in [9.17, 15) is 5.11 Å². The number of benzene rings is 2. The van der Waals surface area contributed by atoms with Gasteiger partial charge in [-0.25, -0.2) is 0 Å². The van der Waals surface area contributed by atoms with Gasteiger partial charge >= 0.3 is 0 Å². The average molecular weight is 296 g/mol. The Morgan fingerprint density at radius 3 is 2.41 bits per heavy atom. The van der Waals surface area contributed by atoms with Crippen molar-refractivity contribution in [1.82, 2.24) is 0 Å². The van der Waals surface area contributed by atoms with Crippen molar-refractivity contribution in [3.8, 4) is 0 Å². The minimum absolute atomic E-state index is 0.0850. The fourth-order valence-electron chi connectivity index (χ4n) is 2.65. The molecule has 0 amide bonds. The molecule has 0 fully saturated rings. The molecule has 1 aliphatic heterocycles. The van der Waals surface area contributed by atoms with Gasteiger partial charge in [0.05, 0.1) is 25.6 Å². The van der Waals surface area contributed by atoms with E-state index in [2.05, 4.69) is 0 Å². The van der Waals surface area contributed by atoms with Crippen LogP contribution in [0.25, 0.3) is 0 Å². The van der Waals surface area contributed by atoms with Gasteiger partial charge in [0.25, 0.3) is 0 Å². The molecule has 2 aromatic carbocycles. The quantitative estimate of drug-likeness (QED) is 0.887. The van der Waals surface area contributed by atoms with Gasteiger partial charge in [0.15, 0.2) is 0 Å². The molecule has 3 rings (SSSR count). The van der Waals surface area contributed by atoms with Crippen LogP contribution in [0, 0.1) is 5.92 Å². The van der Waals surface area contributed by atoms with Crippen molar-refractivity contribution in [1.29, 1.82) is 0 Å². The maximum atomic E-state index is 10.5. The van der Waals surface area contributed by atoms with E-state index in [0.717, 1.165) is 11.1 Å². The SMILES string of the molecule is O[C@@H](c1ccccc1)[C@H]1C=CO[C@@H]1COCc1ccccc1. The van der Waals surface area contributed by atoms with Crippen LogP contribution >= 0.6 is 0 Å².